The van der Waals surface area contributed by atoms with Gasteiger partial charge in [-0.15, -0.1) is 0 Å². The van der Waals surface area contributed by atoms with Gasteiger partial charge in [-0.1, -0.05) is 48.5 Å². The third-order valence-electron chi connectivity index (χ3n) is 5.89. The van der Waals surface area contributed by atoms with Gasteiger partial charge < -0.3 is 20.5 Å². The van der Waals surface area contributed by atoms with E-state index in [1.54, 1.807) is 57.2 Å². The molecule has 0 aliphatic rings. The Morgan fingerprint density at radius 1 is 0.952 bits per heavy atom. The summed E-state index contributed by atoms with van der Waals surface area (Å²) in [5.41, 5.74) is -1.57. The Hall–Kier alpha value is -4.71. The number of anilines is 1. The maximum absolute atomic E-state index is 14.7. The number of halogens is 4. The highest BCUT2D eigenvalue weighted by Crippen LogP contribution is 2.31. The zero-order valence-corrected chi connectivity index (χ0v) is 22.9. The molecule has 1 atom stereocenters. The lowest BCUT2D eigenvalue weighted by atomic mass is 10.0. The van der Waals surface area contributed by atoms with Gasteiger partial charge in [-0.3, -0.25) is 4.79 Å². The van der Waals surface area contributed by atoms with Crippen molar-refractivity contribution in [3.63, 3.8) is 0 Å². The molecule has 0 saturated heterocycles. The standard InChI is InChI=1S/C30H28F4N4O4/c1-29(2,3)42-28(41)35-17-18-8-7-11-21(14-18)38-24(16-25(37-38)30(32,33)34)27(40)36-23-15-20(12-13-22(23)31)26(39)19-9-5-4-6-10-19/h4-16,26,39H,17H2,1-3H3,(H,35,41)(H,36,40). The zero-order valence-electron chi connectivity index (χ0n) is 22.9. The summed E-state index contributed by atoms with van der Waals surface area (Å²) in [6.45, 7) is 5.08. The zero-order chi connectivity index (χ0) is 30.7. The second-order valence-corrected chi connectivity index (χ2v) is 10.4. The molecule has 0 bridgehead atoms. The summed E-state index contributed by atoms with van der Waals surface area (Å²) in [5, 5.41) is 19.1. The third-order valence-corrected chi connectivity index (χ3v) is 5.89. The molecule has 2 amide bonds. The SMILES string of the molecule is CC(C)(C)OC(=O)NCc1cccc(-n2nc(C(F)(F)F)cc2C(=O)Nc2cc(C(O)c3ccccc3)ccc2F)c1. The van der Waals surface area contributed by atoms with Crippen molar-refractivity contribution < 1.29 is 37.0 Å². The van der Waals surface area contributed by atoms with Crippen molar-refractivity contribution in [2.24, 2.45) is 0 Å². The van der Waals surface area contributed by atoms with E-state index in [1.807, 2.05) is 0 Å². The summed E-state index contributed by atoms with van der Waals surface area (Å²) in [4.78, 5) is 25.3. The van der Waals surface area contributed by atoms with Crippen LogP contribution in [0, 0.1) is 5.82 Å². The van der Waals surface area contributed by atoms with Crippen LogP contribution in [0.15, 0.2) is 78.9 Å². The average molecular weight is 585 g/mol. The van der Waals surface area contributed by atoms with Gasteiger partial charge in [0.05, 0.1) is 11.4 Å². The Kier molecular flexibility index (Phi) is 8.67. The van der Waals surface area contributed by atoms with Crippen LogP contribution in [0.4, 0.5) is 28.0 Å². The number of alkyl halides is 3. The van der Waals surface area contributed by atoms with Gasteiger partial charge in [0.1, 0.15) is 23.2 Å². The van der Waals surface area contributed by atoms with E-state index < -0.39 is 47.1 Å². The molecule has 1 heterocycles. The van der Waals surface area contributed by atoms with E-state index in [1.165, 1.54) is 30.3 Å². The van der Waals surface area contributed by atoms with Gasteiger partial charge >= 0.3 is 12.3 Å². The van der Waals surface area contributed by atoms with E-state index in [0.717, 1.165) is 10.7 Å². The minimum Gasteiger partial charge on any atom is -0.444 e. The van der Waals surface area contributed by atoms with E-state index in [2.05, 4.69) is 15.7 Å². The molecule has 0 saturated carbocycles. The highest BCUT2D eigenvalue weighted by Gasteiger charge is 2.36. The molecule has 3 N–H and O–H groups in total. The molecule has 4 rings (SSSR count). The van der Waals surface area contributed by atoms with Crippen LogP contribution in [0.2, 0.25) is 0 Å². The predicted molar refractivity (Wildman–Crippen MR) is 146 cm³/mol. The maximum Gasteiger partial charge on any atom is 0.435 e. The van der Waals surface area contributed by atoms with Crippen LogP contribution in [0.5, 0.6) is 0 Å². The van der Waals surface area contributed by atoms with E-state index >= 15 is 0 Å². The van der Waals surface area contributed by atoms with E-state index in [0.29, 0.717) is 17.2 Å². The number of amides is 2. The van der Waals surface area contributed by atoms with Gasteiger partial charge in [0.15, 0.2) is 5.69 Å². The molecular formula is C30H28F4N4O4. The summed E-state index contributed by atoms with van der Waals surface area (Å²) in [5.74, 6) is -1.93. The average Bonchev–Trinajstić information content (AvgIpc) is 3.39. The first kappa shape index (κ1) is 30.3. The number of nitrogens with zero attached hydrogens (tertiary/aromatic N) is 2. The number of alkyl carbamates (subject to hydrolysis) is 1. The van der Waals surface area contributed by atoms with Gasteiger partial charge in [-0.25, -0.2) is 13.9 Å². The molecule has 0 radical (unpaired) electrons. The summed E-state index contributed by atoms with van der Waals surface area (Å²) >= 11 is 0. The van der Waals surface area contributed by atoms with Crippen molar-refractivity contribution in [3.8, 4) is 5.69 Å². The summed E-state index contributed by atoms with van der Waals surface area (Å²) in [7, 11) is 0. The van der Waals surface area contributed by atoms with Crippen LogP contribution in [0.25, 0.3) is 5.69 Å². The lowest BCUT2D eigenvalue weighted by Gasteiger charge is -2.19. The monoisotopic (exact) mass is 584 g/mol. The normalized spacial score (nSPS) is 12.5. The first-order valence-corrected chi connectivity index (χ1v) is 12.8. The Labute approximate surface area is 238 Å². The van der Waals surface area contributed by atoms with Crippen LogP contribution < -0.4 is 10.6 Å². The number of ether oxygens (including phenoxy) is 1. The van der Waals surface area contributed by atoms with E-state index in [9.17, 15) is 32.3 Å². The van der Waals surface area contributed by atoms with Gasteiger partial charge in [-0.05, 0) is 61.7 Å². The molecule has 0 spiro atoms. The molecule has 8 nitrogen and oxygen atoms in total. The number of hydrogen-bond donors (Lipinski definition) is 3. The topological polar surface area (TPSA) is 105 Å². The second-order valence-electron chi connectivity index (χ2n) is 10.4. The molecule has 0 fully saturated rings. The van der Waals surface area contributed by atoms with Crippen molar-refractivity contribution >= 4 is 17.7 Å². The maximum atomic E-state index is 14.7. The lowest BCUT2D eigenvalue weighted by Crippen LogP contribution is -2.32. The van der Waals surface area contributed by atoms with Crippen molar-refractivity contribution in [2.75, 3.05) is 5.32 Å². The molecule has 1 aromatic heterocycles. The number of nitrogens with one attached hydrogen (secondary N) is 2. The second kappa shape index (κ2) is 12.0. The molecule has 0 aliphatic heterocycles. The van der Waals surface area contributed by atoms with E-state index in [4.69, 9.17) is 4.74 Å². The summed E-state index contributed by atoms with van der Waals surface area (Å²) in [6.07, 6.45) is -6.70. The van der Waals surface area contributed by atoms with Gasteiger partial charge in [-0.2, -0.15) is 18.3 Å². The minimum absolute atomic E-state index is 0.0145. The van der Waals surface area contributed by atoms with Gasteiger partial charge in [0.2, 0.25) is 0 Å². The number of aliphatic hydroxyl groups excluding tert-OH is 1. The molecular weight excluding hydrogens is 556 g/mol. The van der Waals surface area contributed by atoms with Gasteiger partial charge in [0.25, 0.3) is 5.91 Å². The van der Waals surface area contributed by atoms with Gasteiger partial charge in [0, 0.05) is 12.6 Å². The fourth-order valence-corrected chi connectivity index (χ4v) is 3.99. The first-order chi connectivity index (χ1) is 19.7. The summed E-state index contributed by atoms with van der Waals surface area (Å²) in [6, 6.07) is 18.7. The molecule has 3 aromatic carbocycles. The smallest absolute Gasteiger partial charge is 0.435 e. The largest absolute Gasteiger partial charge is 0.444 e. The predicted octanol–water partition coefficient (Wildman–Crippen LogP) is 6.39. The Bertz CT molecular complexity index is 1580. The number of benzene rings is 3. The fourth-order valence-electron chi connectivity index (χ4n) is 3.99. The molecule has 4 aromatic rings. The van der Waals surface area contributed by atoms with Crippen molar-refractivity contribution in [1.29, 1.82) is 0 Å². The van der Waals surface area contributed by atoms with Crippen molar-refractivity contribution in [2.45, 2.75) is 45.2 Å². The molecule has 1 unspecified atom stereocenters. The quantitative estimate of drug-likeness (QED) is 0.219. The van der Waals surface area contributed by atoms with Crippen LogP contribution in [-0.4, -0.2) is 32.5 Å². The number of aromatic nitrogens is 2. The van der Waals surface area contributed by atoms with Crippen molar-refractivity contribution in [3.05, 3.63) is 113 Å². The Balaban J connectivity index is 1.62. The molecule has 42 heavy (non-hydrogen) atoms. The first-order valence-electron chi connectivity index (χ1n) is 12.8. The number of carbonyl (C=O) groups excluding carboxylic acids is 2. The van der Waals surface area contributed by atoms with Crippen molar-refractivity contribution in [1.82, 2.24) is 15.1 Å². The third kappa shape index (κ3) is 7.52. The number of rotatable bonds is 7. The minimum atomic E-state index is -4.87. The van der Waals surface area contributed by atoms with Crippen LogP contribution in [0.3, 0.4) is 0 Å². The van der Waals surface area contributed by atoms with Crippen LogP contribution >= 0.6 is 0 Å². The fraction of sp³-hybridized carbons (Fsp3) is 0.233. The number of hydrogen-bond acceptors (Lipinski definition) is 5. The molecule has 12 heteroatoms. The molecule has 0 aliphatic carbocycles. The Morgan fingerprint density at radius 2 is 1.67 bits per heavy atom. The number of aliphatic hydroxyl groups is 1. The highest BCUT2D eigenvalue weighted by atomic mass is 19.4. The molecule has 220 valence electrons. The summed E-state index contributed by atoms with van der Waals surface area (Å²) < 4.78 is 61.5. The highest BCUT2D eigenvalue weighted by molar-refractivity contribution is 6.03. The van der Waals surface area contributed by atoms with E-state index in [-0.39, 0.29) is 23.5 Å². The van der Waals surface area contributed by atoms with Crippen LogP contribution in [0.1, 0.15) is 59.7 Å². The Morgan fingerprint density at radius 3 is 2.33 bits per heavy atom. The lowest BCUT2D eigenvalue weighted by molar-refractivity contribution is -0.141. The van der Waals surface area contributed by atoms with Crippen LogP contribution in [-0.2, 0) is 17.5 Å². The number of carbonyl (C=O) groups is 2.